The lowest BCUT2D eigenvalue weighted by Gasteiger charge is -2.25. The Morgan fingerprint density at radius 2 is 2.00 bits per heavy atom. The minimum Gasteiger partial charge on any atom is -0.478 e. The van der Waals surface area contributed by atoms with Gasteiger partial charge in [-0.3, -0.25) is 4.79 Å². The minimum atomic E-state index is -1.03. The molecule has 168 valence electrons. The second-order valence-corrected chi connectivity index (χ2v) is 9.90. The average Bonchev–Trinajstić information content (AvgIpc) is 3.48. The Morgan fingerprint density at radius 3 is 2.76 bits per heavy atom. The van der Waals surface area contributed by atoms with Crippen LogP contribution in [0.15, 0.2) is 42.5 Å². The second-order valence-electron chi connectivity index (χ2n) is 8.26. The number of hydrogen-bond acceptors (Lipinski definition) is 5. The number of halogens is 1. The van der Waals surface area contributed by atoms with E-state index in [9.17, 15) is 14.7 Å². The molecule has 1 saturated heterocycles. The van der Waals surface area contributed by atoms with Crippen molar-refractivity contribution in [1.82, 2.24) is 19.9 Å². The van der Waals surface area contributed by atoms with Gasteiger partial charge in [0.25, 0.3) is 5.91 Å². The number of amides is 1. The number of carbonyl (C=O) groups excluding carboxylic acids is 1. The molecule has 4 aromatic rings. The van der Waals surface area contributed by atoms with Gasteiger partial charge in [-0.25, -0.2) is 14.8 Å². The Balaban J connectivity index is 1.55. The Kier molecular flexibility index (Phi) is 5.42. The van der Waals surface area contributed by atoms with Crippen LogP contribution in [0.4, 0.5) is 0 Å². The average molecular weight is 481 g/mol. The normalized spacial score (nSPS) is 18.2. The topological polar surface area (TPSA) is 99.2 Å². The molecule has 2 aromatic carbocycles. The predicted octanol–water partition coefficient (Wildman–Crippen LogP) is 5.57. The van der Waals surface area contributed by atoms with Crippen molar-refractivity contribution < 1.29 is 14.7 Å². The molecule has 1 fully saturated rings. The first kappa shape index (κ1) is 21.6. The second kappa shape index (κ2) is 8.28. The maximum absolute atomic E-state index is 13.8. The number of nitrogens with zero attached hydrogens (tertiary/aromatic N) is 3. The number of imidazole rings is 1. The standard InChI is InChI=1S/C24H21ClN4O3S/c1-12-9-10-29(20(12)22-27-17-8-4-7-16(24(31)32)18(17)28-22)23(30)19-21(33-13(2)26-19)14-5-3-6-15(25)11-14/h3-8,11-12,20H,9-10H2,1-2H3,(H,27,28)(H,31,32)/t12-,20-/m0/s1. The van der Waals surface area contributed by atoms with Crippen LogP contribution in [-0.2, 0) is 0 Å². The number of para-hydroxylation sites is 1. The fraction of sp³-hybridized carbons (Fsp3) is 0.250. The number of aryl methyl sites for hydroxylation is 1. The number of carboxylic acid groups (broad SMARTS) is 1. The molecular weight excluding hydrogens is 460 g/mol. The SMILES string of the molecule is Cc1nc(C(=O)N2CC[C@H](C)[C@H]2c2nc3c(C(=O)O)cccc3[nH]2)c(-c2cccc(Cl)c2)s1. The van der Waals surface area contributed by atoms with E-state index >= 15 is 0 Å². The molecule has 0 unspecified atom stereocenters. The maximum atomic E-state index is 13.8. The fourth-order valence-electron chi connectivity index (χ4n) is 4.49. The van der Waals surface area contributed by atoms with E-state index < -0.39 is 5.97 Å². The van der Waals surface area contributed by atoms with Crippen LogP contribution in [0, 0.1) is 12.8 Å². The Hall–Kier alpha value is -3.23. The summed E-state index contributed by atoms with van der Waals surface area (Å²) < 4.78 is 0. The molecule has 2 atom stereocenters. The summed E-state index contributed by atoms with van der Waals surface area (Å²) >= 11 is 7.66. The van der Waals surface area contributed by atoms with Crippen LogP contribution < -0.4 is 0 Å². The number of nitrogens with one attached hydrogen (secondary N) is 1. The van der Waals surface area contributed by atoms with Crippen molar-refractivity contribution in [2.24, 2.45) is 5.92 Å². The smallest absolute Gasteiger partial charge is 0.337 e. The molecule has 0 bridgehead atoms. The van der Waals surface area contributed by atoms with Crippen molar-refractivity contribution in [3.05, 3.63) is 69.6 Å². The summed E-state index contributed by atoms with van der Waals surface area (Å²) in [7, 11) is 0. The minimum absolute atomic E-state index is 0.136. The van der Waals surface area contributed by atoms with E-state index in [0.717, 1.165) is 21.9 Å². The zero-order chi connectivity index (χ0) is 23.3. The van der Waals surface area contributed by atoms with E-state index in [0.29, 0.717) is 34.1 Å². The molecule has 3 heterocycles. The zero-order valence-electron chi connectivity index (χ0n) is 18.0. The molecule has 2 aromatic heterocycles. The van der Waals surface area contributed by atoms with Crippen molar-refractivity contribution >= 4 is 45.8 Å². The van der Waals surface area contributed by atoms with Gasteiger partial charge in [0.2, 0.25) is 0 Å². The molecular formula is C24H21ClN4O3S. The van der Waals surface area contributed by atoms with E-state index in [1.807, 2.05) is 25.1 Å². The van der Waals surface area contributed by atoms with E-state index in [1.54, 1.807) is 23.1 Å². The zero-order valence-corrected chi connectivity index (χ0v) is 19.6. The van der Waals surface area contributed by atoms with Crippen LogP contribution in [-0.4, -0.2) is 43.4 Å². The molecule has 7 nitrogen and oxygen atoms in total. The summed E-state index contributed by atoms with van der Waals surface area (Å²) in [4.78, 5) is 40.4. The van der Waals surface area contributed by atoms with Gasteiger partial charge in [0.05, 0.1) is 27.0 Å². The molecule has 1 aliphatic heterocycles. The Labute approximate surface area is 199 Å². The summed E-state index contributed by atoms with van der Waals surface area (Å²) in [6.45, 7) is 4.53. The molecule has 0 aliphatic carbocycles. The summed E-state index contributed by atoms with van der Waals surface area (Å²) in [5.41, 5.74) is 2.43. The van der Waals surface area contributed by atoms with Gasteiger partial charge in [0, 0.05) is 11.6 Å². The van der Waals surface area contributed by atoms with Gasteiger partial charge in [-0.15, -0.1) is 11.3 Å². The number of aromatic amines is 1. The number of aromatic nitrogens is 3. The van der Waals surface area contributed by atoms with Gasteiger partial charge in [0.15, 0.2) is 0 Å². The molecule has 33 heavy (non-hydrogen) atoms. The van der Waals surface area contributed by atoms with Gasteiger partial charge < -0.3 is 15.0 Å². The number of likely N-dealkylation sites (tertiary alicyclic amines) is 1. The van der Waals surface area contributed by atoms with E-state index in [-0.39, 0.29) is 23.4 Å². The number of rotatable bonds is 4. The first-order valence-electron chi connectivity index (χ1n) is 10.6. The number of aromatic carboxylic acids is 1. The Morgan fingerprint density at radius 1 is 1.21 bits per heavy atom. The van der Waals surface area contributed by atoms with Crippen LogP contribution in [0.25, 0.3) is 21.5 Å². The molecule has 2 N–H and O–H groups in total. The van der Waals surface area contributed by atoms with Crippen molar-refractivity contribution in [2.75, 3.05) is 6.54 Å². The molecule has 0 radical (unpaired) electrons. The monoisotopic (exact) mass is 480 g/mol. The van der Waals surface area contributed by atoms with Crippen LogP contribution in [0.1, 0.15) is 51.1 Å². The van der Waals surface area contributed by atoms with E-state index in [2.05, 4.69) is 21.9 Å². The van der Waals surface area contributed by atoms with Crippen LogP contribution >= 0.6 is 22.9 Å². The molecule has 1 aliphatic rings. The molecule has 0 saturated carbocycles. The van der Waals surface area contributed by atoms with E-state index in [1.165, 1.54) is 17.4 Å². The first-order chi connectivity index (χ1) is 15.8. The van der Waals surface area contributed by atoms with Gasteiger partial charge in [-0.2, -0.15) is 0 Å². The number of hydrogen-bond donors (Lipinski definition) is 2. The van der Waals surface area contributed by atoms with Crippen LogP contribution in [0.3, 0.4) is 0 Å². The van der Waals surface area contributed by atoms with Gasteiger partial charge >= 0.3 is 5.97 Å². The summed E-state index contributed by atoms with van der Waals surface area (Å²) in [5.74, 6) is -0.455. The number of benzene rings is 2. The fourth-order valence-corrected chi connectivity index (χ4v) is 5.59. The predicted molar refractivity (Wildman–Crippen MR) is 128 cm³/mol. The van der Waals surface area contributed by atoms with Gasteiger partial charge in [-0.05, 0) is 49.1 Å². The third-order valence-electron chi connectivity index (χ3n) is 6.03. The van der Waals surface area contributed by atoms with E-state index in [4.69, 9.17) is 11.6 Å². The van der Waals surface area contributed by atoms with Crippen LogP contribution in [0.5, 0.6) is 0 Å². The number of H-pyrrole nitrogens is 1. The highest BCUT2D eigenvalue weighted by atomic mass is 35.5. The lowest BCUT2D eigenvalue weighted by atomic mass is 10.0. The highest BCUT2D eigenvalue weighted by Gasteiger charge is 2.39. The van der Waals surface area contributed by atoms with Gasteiger partial charge in [-0.1, -0.05) is 36.7 Å². The highest BCUT2D eigenvalue weighted by molar-refractivity contribution is 7.15. The van der Waals surface area contributed by atoms with Crippen molar-refractivity contribution in [1.29, 1.82) is 0 Å². The molecule has 5 rings (SSSR count). The lowest BCUT2D eigenvalue weighted by Crippen LogP contribution is -2.33. The van der Waals surface area contributed by atoms with Gasteiger partial charge in [0.1, 0.15) is 17.0 Å². The number of carboxylic acids is 1. The number of thiazole rings is 1. The summed E-state index contributed by atoms with van der Waals surface area (Å²) in [6, 6.07) is 12.1. The largest absolute Gasteiger partial charge is 0.478 e. The first-order valence-corrected chi connectivity index (χ1v) is 11.8. The third kappa shape index (κ3) is 3.79. The number of fused-ring (bicyclic) bond motifs is 1. The number of carbonyl (C=O) groups is 2. The van der Waals surface area contributed by atoms with Crippen LogP contribution in [0.2, 0.25) is 5.02 Å². The molecule has 1 amide bonds. The molecule has 9 heteroatoms. The Bertz CT molecular complexity index is 1400. The summed E-state index contributed by atoms with van der Waals surface area (Å²) in [6.07, 6.45) is 0.814. The van der Waals surface area contributed by atoms with Crippen molar-refractivity contribution in [3.8, 4) is 10.4 Å². The third-order valence-corrected chi connectivity index (χ3v) is 7.28. The molecule has 0 spiro atoms. The lowest BCUT2D eigenvalue weighted by molar-refractivity contribution is 0.0692. The highest BCUT2D eigenvalue weighted by Crippen LogP contribution is 2.40. The van der Waals surface area contributed by atoms with Crippen molar-refractivity contribution in [3.63, 3.8) is 0 Å². The maximum Gasteiger partial charge on any atom is 0.337 e. The van der Waals surface area contributed by atoms with Crippen molar-refractivity contribution in [2.45, 2.75) is 26.3 Å². The summed E-state index contributed by atoms with van der Waals surface area (Å²) in [5, 5.41) is 10.9. The quantitative estimate of drug-likeness (QED) is 0.397.